The summed E-state index contributed by atoms with van der Waals surface area (Å²) in [5.41, 5.74) is 0.0112. The minimum absolute atomic E-state index is 0.0554. The van der Waals surface area contributed by atoms with Crippen LogP contribution < -0.4 is 5.32 Å². The smallest absolute Gasteiger partial charge is 0.336 e. The van der Waals surface area contributed by atoms with Crippen LogP contribution in [0.5, 0.6) is 0 Å². The van der Waals surface area contributed by atoms with E-state index in [4.69, 9.17) is 0 Å². The first kappa shape index (κ1) is 12.7. The number of halogens is 3. The topological polar surface area (TPSA) is 32.3 Å². The van der Waals surface area contributed by atoms with E-state index >= 15 is 0 Å². The van der Waals surface area contributed by atoms with Gasteiger partial charge in [-0.2, -0.15) is 13.2 Å². The van der Waals surface area contributed by atoms with Gasteiger partial charge in [0.1, 0.15) is 0 Å². The molecule has 0 aromatic heterocycles. The first-order valence-corrected chi connectivity index (χ1v) is 5.58. The van der Waals surface area contributed by atoms with Gasteiger partial charge in [0.15, 0.2) is 0 Å². The van der Waals surface area contributed by atoms with E-state index < -0.39 is 11.7 Å². The largest absolute Gasteiger partial charge is 0.416 e. The maximum atomic E-state index is 12.4. The van der Waals surface area contributed by atoms with Crippen molar-refractivity contribution in [2.24, 2.45) is 0 Å². The molecule has 18 heavy (non-hydrogen) atoms. The molecule has 6 heteroatoms. The van der Waals surface area contributed by atoms with Crippen molar-refractivity contribution < 1.29 is 18.0 Å². The fourth-order valence-corrected chi connectivity index (χ4v) is 1.87. The fourth-order valence-electron chi connectivity index (χ4n) is 1.87. The minimum atomic E-state index is -4.32. The lowest BCUT2D eigenvalue weighted by Crippen LogP contribution is -2.31. The normalized spacial score (nSPS) is 20.1. The Labute approximate surface area is 103 Å². The van der Waals surface area contributed by atoms with Gasteiger partial charge in [-0.25, -0.2) is 4.79 Å². The summed E-state index contributed by atoms with van der Waals surface area (Å²) in [5.74, 6) is 0. The number of amides is 2. The Balaban J connectivity index is 2.09. The van der Waals surface area contributed by atoms with Crippen LogP contribution in [0.3, 0.4) is 0 Å². The Hall–Kier alpha value is -1.72. The molecule has 1 aromatic rings. The molecule has 1 aliphatic rings. The molecule has 98 valence electrons. The van der Waals surface area contributed by atoms with Crippen LogP contribution in [0.4, 0.5) is 18.0 Å². The molecular formula is C12H13F3N2O. The Morgan fingerprint density at radius 2 is 1.94 bits per heavy atom. The molecule has 0 radical (unpaired) electrons. The van der Waals surface area contributed by atoms with E-state index in [-0.39, 0.29) is 12.1 Å². The first-order valence-electron chi connectivity index (χ1n) is 5.58. The highest BCUT2D eigenvalue weighted by atomic mass is 19.4. The van der Waals surface area contributed by atoms with Gasteiger partial charge in [0, 0.05) is 19.1 Å². The average Bonchev–Trinajstić information content (AvgIpc) is 2.60. The van der Waals surface area contributed by atoms with E-state index in [1.165, 1.54) is 12.1 Å². The van der Waals surface area contributed by atoms with E-state index in [9.17, 15) is 18.0 Å². The van der Waals surface area contributed by atoms with Gasteiger partial charge in [0.2, 0.25) is 0 Å². The zero-order chi connectivity index (χ0) is 13.3. The Morgan fingerprint density at radius 3 is 2.39 bits per heavy atom. The van der Waals surface area contributed by atoms with Crippen LogP contribution in [0, 0.1) is 0 Å². The maximum Gasteiger partial charge on any atom is 0.416 e. The molecule has 1 fully saturated rings. The molecule has 1 unspecified atom stereocenters. The number of hydrogen-bond donors (Lipinski definition) is 1. The number of hydrogen-bond acceptors (Lipinski definition) is 1. The predicted molar refractivity (Wildman–Crippen MR) is 59.8 cm³/mol. The molecule has 0 spiro atoms. The molecule has 0 aliphatic carbocycles. The van der Waals surface area contributed by atoms with Crippen LogP contribution in [0.1, 0.15) is 18.1 Å². The monoisotopic (exact) mass is 258 g/mol. The molecule has 1 heterocycles. The predicted octanol–water partition coefficient (Wildman–Crippen LogP) is 2.62. The third kappa shape index (κ3) is 2.57. The molecule has 0 saturated carbocycles. The number of nitrogens with zero attached hydrogens (tertiary/aromatic N) is 1. The second kappa shape index (κ2) is 4.51. The van der Waals surface area contributed by atoms with Crippen LogP contribution in [-0.2, 0) is 12.7 Å². The van der Waals surface area contributed by atoms with Crippen molar-refractivity contribution in [1.82, 2.24) is 10.2 Å². The zero-order valence-electron chi connectivity index (χ0n) is 9.79. The average molecular weight is 258 g/mol. The Bertz CT molecular complexity index is 442. The second-order valence-corrected chi connectivity index (χ2v) is 4.36. The van der Waals surface area contributed by atoms with Gasteiger partial charge in [0.05, 0.1) is 5.56 Å². The molecule has 1 N–H and O–H groups in total. The van der Waals surface area contributed by atoms with Crippen LogP contribution in [0.2, 0.25) is 0 Å². The summed E-state index contributed by atoms with van der Waals surface area (Å²) in [5, 5.41) is 2.68. The van der Waals surface area contributed by atoms with Gasteiger partial charge in [-0.15, -0.1) is 0 Å². The summed E-state index contributed by atoms with van der Waals surface area (Å²) in [7, 11) is 0. The van der Waals surface area contributed by atoms with Crippen molar-refractivity contribution in [1.29, 1.82) is 0 Å². The van der Waals surface area contributed by atoms with Crippen molar-refractivity contribution >= 4 is 6.03 Å². The summed E-state index contributed by atoms with van der Waals surface area (Å²) in [6.07, 6.45) is -4.32. The first-order chi connectivity index (χ1) is 8.38. The summed E-state index contributed by atoms with van der Waals surface area (Å²) in [6.45, 7) is 2.78. The molecule has 3 nitrogen and oxygen atoms in total. The highest BCUT2D eigenvalue weighted by molar-refractivity contribution is 5.76. The Morgan fingerprint density at radius 1 is 1.33 bits per heavy atom. The number of alkyl halides is 3. The van der Waals surface area contributed by atoms with E-state index in [0.29, 0.717) is 18.7 Å². The standard InChI is InChI=1S/C12H13F3N2O/c1-8-6-16-11(18)17(8)7-9-2-4-10(5-3-9)12(13,14)15/h2-5,8H,6-7H2,1H3,(H,16,18). The third-order valence-electron chi connectivity index (χ3n) is 2.98. The van der Waals surface area contributed by atoms with Crippen molar-refractivity contribution in [3.63, 3.8) is 0 Å². The lowest BCUT2D eigenvalue weighted by atomic mass is 10.1. The lowest BCUT2D eigenvalue weighted by Gasteiger charge is -2.20. The van der Waals surface area contributed by atoms with Crippen LogP contribution in [0.15, 0.2) is 24.3 Å². The van der Waals surface area contributed by atoms with Crippen molar-refractivity contribution in [2.45, 2.75) is 25.7 Å². The van der Waals surface area contributed by atoms with E-state index in [0.717, 1.165) is 12.1 Å². The molecule has 2 amide bonds. The highest BCUT2D eigenvalue weighted by Crippen LogP contribution is 2.29. The summed E-state index contributed by atoms with van der Waals surface area (Å²) >= 11 is 0. The van der Waals surface area contributed by atoms with E-state index in [1.807, 2.05) is 6.92 Å². The number of carbonyl (C=O) groups excluding carboxylic acids is 1. The van der Waals surface area contributed by atoms with Gasteiger partial charge < -0.3 is 10.2 Å². The molecular weight excluding hydrogens is 245 g/mol. The number of urea groups is 1. The zero-order valence-corrected chi connectivity index (χ0v) is 9.79. The van der Waals surface area contributed by atoms with Crippen LogP contribution in [-0.4, -0.2) is 23.5 Å². The SMILES string of the molecule is CC1CNC(=O)N1Cc1ccc(C(F)(F)F)cc1. The van der Waals surface area contributed by atoms with Gasteiger partial charge in [-0.1, -0.05) is 12.1 Å². The van der Waals surface area contributed by atoms with Crippen LogP contribution >= 0.6 is 0 Å². The Kier molecular flexibility index (Phi) is 3.19. The number of nitrogens with one attached hydrogen (secondary N) is 1. The van der Waals surface area contributed by atoms with Crippen molar-refractivity contribution in [2.75, 3.05) is 6.54 Å². The van der Waals surface area contributed by atoms with Gasteiger partial charge >= 0.3 is 12.2 Å². The lowest BCUT2D eigenvalue weighted by molar-refractivity contribution is -0.137. The van der Waals surface area contributed by atoms with Gasteiger partial charge in [-0.3, -0.25) is 0 Å². The van der Waals surface area contributed by atoms with Crippen molar-refractivity contribution in [3.8, 4) is 0 Å². The molecule has 1 aromatic carbocycles. The number of rotatable bonds is 2. The third-order valence-corrected chi connectivity index (χ3v) is 2.98. The summed E-state index contributed by atoms with van der Waals surface area (Å²) < 4.78 is 37.1. The molecule has 1 saturated heterocycles. The highest BCUT2D eigenvalue weighted by Gasteiger charge is 2.30. The summed E-state index contributed by atoms with van der Waals surface area (Å²) in [4.78, 5) is 13.0. The maximum absolute atomic E-state index is 12.4. The van der Waals surface area contributed by atoms with Crippen molar-refractivity contribution in [3.05, 3.63) is 35.4 Å². The number of carbonyl (C=O) groups is 1. The summed E-state index contributed by atoms with van der Waals surface area (Å²) in [6, 6.07) is 4.76. The van der Waals surface area contributed by atoms with E-state index in [1.54, 1.807) is 4.90 Å². The molecule has 2 rings (SSSR count). The molecule has 1 aliphatic heterocycles. The molecule has 1 atom stereocenters. The van der Waals surface area contributed by atoms with Gasteiger partial charge in [-0.05, 0) is 24.6 Å². The quantitative estimate of drug-likeness (QED) is 0.869. The second-order valence-electron chi connectivity index (χ2n) is 4.36. The van der Waals surface area contributed by atoms with E-state index in [2.05, 4.69) is 5.32 Å². The molecule has 0 bridgehead atoms. The number of benzene rings is 1. The van der Waals surface area contributed by atoms with Gasteiger partial charge in [0.25, 0.3) is 0 Å². The minimum Gasteiger partial charge on any atom is -0.336 e. The van der Waals surface area contributed by atoms with Crippen LogP contribution in [0.25, 0.3) is 0 Å². The fraction of sp³-hybridized carbons (Fsp3) is 0.417.